The van der Waals surface area contributed by atoms with Crippen molar-refractivity contribution in [1.82, 2.24) is 0 Å². The molecule has 0 spiro atoms. The second-order valence-electron chi connectivity index (χ2n) is 3.35. The van der Waals surface area contributed by atoms with Gasteiger partial charge in [0.05, 0.1) is 12.0 Å². The summed E-state index contributed by atoms with van der Waals surface area (Å²) in [5.41, 5.74) is 5.62. The second-order valence-corrected chi connectivity index (χ2v) is 3.35. The fourth-order valence-corrected chi connectivity index (χ4v) is 1.24. The quantitative estimate of drug-likeness (QED) is 0.887. The lowest BCUT2D eigenvalue weighted by molar-refractivity contribution is -0.138. The Morgan fingerprint density at radius 2 is 1.76 bits per heavy atom. The molecule has 3 nitrogen and oxygen atoms in total. The van der Waals surface area contributed by atoms with Crippen molar-refractivity contribution in [1.29, 1.82) is 0 Å². The predicted molar refractivity (Wildman–Crippen MR) is 58.2 cm³/mol. The number of rotatable bonds is 3. The Hall–Kier alpha value is -1.27. The monoisotopic (exact) mass is 269 g/mol. The summed E-state index contributed by atoms with van der Waals surface area (Å²) in [5.74, 6) is -1.13. The van der Waals surface area contributed by atoms with E-state index >= 15 is 0 Å². The van der Waals surface area contributed by atoms with Gasteiger partial charge in [-0.25, -0.2) is 4.79 Å². The maximum absolute atomic E-state index is 12.0. The smallest absolute Gasteiger partial charge is 0.390 e. The molecule has 0 aliphatic rings. The number of benzene rings is 1. The number of carbonyl (C=O) groups is 1. The molecule has 0 heterocycles. The number of carboxylic acids is 1. The average molecular weight is 270 g/mol. The van der Waals surface area contributed by atoms with Gasteiger partial charge in [0, 0.05) is 6.04 Å². The highest BCUT2D eigenvalue weighted by Crippen LogP contribution is 2.27. The summed E-state index contributed by atoms with van der Waals surface area (Å²) in [6.07, 6.45) is -5.45. The lowest BCUT2D eigenvalue weighted by atomic mass is 10.0. The summed E-state index contributed by atoms with van der Waals surface area (Å²) in [7, 11) is 0. The van der Waals surface area contributed by atoms with Crippen molar-refractivity contribution in [2.45, 2.75) is 18.6 Å². The SMILES string of the molecule is Cl.N[C@@H](CC(F)(F)F)c1ccc(C(=O)O)cc1. The van der Waals surface area contributed by atoms with Crippen LogP contribution in [-0.2, 0) is 0 Å². The van der Waals surface area contributed by atoms with Gasteiger partial charge in [-0.05, 0) is 17.7 Å². The highest BCUT2D eigenvalue weighted by Gasteiger charge is 2.30. The first-order valence-electron chi connectivity index (χ1n) is 4.45. The summed E-state index contributed by atoms with van der Waals surface area (Å²) >= 11 is 0. The molecule has 1 atom stereocenters. The minimum Gasteiger partial charge on any atom is -0.478 e. The third-order valence-corrected chi connectivity index (χ3v) is 2.04. The molecule has 0 aliphatic heterocycles. The van der Waals surface area contributed by atoms with Crippen molar-refractivity contribution in [2.24, 2.45) is 5.73 Å². The molecule has 1 aromatic rings. The number of hydrogen-bond acceptors (Lipinski definition) is 2. The molecule has 0 unspecified atom stereocenters. The molecule has 17 heavy (non-hydrogen) atoms. The summed E-state index contributed by atoms with van der Waals surface area (Å²) in [5, 5.41) is 8.59. The van der Waals surface area contributed by atoms with Crippen LogP contribution in [0.15, 0.2) is 24.3 Å². The van der Waals surface area contributed by atoms with Gasteiger partial charge in [-0.15, -0.1) is 12.4 Å². The van der Waals surface area contributed by atoms with E-state index in [9.17, 15) is 18.0 Å². The molecule has 0 aromatic heterocycles. The number of aromatic carboxylic acids is 1. The van der Waals surface area contributed by atoms with E-state index < -0.39 is 24.6 Å². The first kappa shape index (κ1) is 15.7. The summed E-state index contributed by atoms with van der Waals surface area (Å²) in [4.78, 5) is 10.5. The fourth-order valence-electron chi connectivity index (χ4n) is 1.24. The standard InChI is InChI=1S/C10H10F3NO2.ClH/c11-10(12,13)5-8(14)6-1-3-7(4-2-6)9(15)16;/h1-4,8H,5,14H2,(H,15,16);1H/t8-;/m0./s1. The van der Waals surface area contributed by atoms with E-state index in [0.717, 1.165) is 0 Å². The minimum atomic E-state index is -4.33. The van der Waals surface area contributed by atoms with Crippen LogP contribution in [0.3, 0.4) is 0 Å². The van der Waals surface area contributed by atoms with E-state index in [4.69, 9.17) is 10.8 Å². The predicted octanol–water partition coefficient (Wildman–Crippen LogP) is 2.76. The normalized spacial score (nSPS) is 12.7. The second kappa shape index (κ2) is 5.88. The molecule has 0 aliphatic carbocycles. The first-order valence-corrected chi connectivity index (χ1v) is 4.45. The van der Waals surface area contributed by atoms with E-state index in [-0.39, 0.29) is 23.5 Å². The minimum absolute atomic E-state index is 0. The number of alkyl halides is 3. The van der Waals surface area contributed by atoms with Crippen LogP contribution in [0, 0.1) is 0 Å². The third kappa shape index (κ3) is 5.06. The van der Waals surface area contributed by atoms with Gasteiger partial charge in [-0.2, -0.15) is 13.2 Å². The maximum atomic E-state index is 12.0. The van der Waals surface area contributed by atoms with Gasteiger partial charge in [-0.1, -0.05) is 12.1 Å². The van der Waals surface area contributed by atoms with Crippen LogP contribution in [0.2, 0.25) is 0 Å². The molecule has 7 heteroatoms. The Labute approximate surface area is 102 Å². The molecule has 0 saturated carbocycles. The number of halogens is 4. The molecule has 96 valence electrons. The van der Waals surface area contributed by atoms with Gasteiger partial charge in [0.25, 0.3) is 0 Å². The zero-order chi connectivity index (χ0) is 12.3. The Kier molecular flexibility index (Phi) is 5.44. The number of carboxylic acid groups (broad SMARTS) is 1. The van der Waals surface area contributed by atoms with Crippen LogP contribution in [0.25, 0.3) is 0 Å². The Balaban J connectivity index is 0.00000256. The van der Waals surface area contributed by atoms with Crippen LogP contribution in [-0.4, -0.2) is 17.3 Å². The molecule has 3 N–H and O–H groups in total. The van der Waals surface area contributed by atoms with Crippen molar-refractivity contribution in [3.05, 3.63) is 35.4 Å². The van der Waals surface area contributed by atoms with Gasteiger partial charge in [-0.3, -0.25) is 0 Å². The van der Waals surface area contributed by atoms with Gasteiger partial charge in [0.2, 0.25) is 0 Å². The van der Waals surface area contributed by atoms with Crippen molar-refractivity contribution < 1.29 is 23.1 Å². The molecule has 0 amide bonds. The van der Waals surface area contributed by atoms with Gasteiger partial charge in [0.15, 0.2) is 0 Å². The Morgan fingerprint density at radius 3 is 2.12 bits per heavy atom. The highest BCUT2D eigenvalue weighted by molar-refractivity contribution is 5.87. The van der Waals surface area contributed by atoms with E-state index in [1.165, 1.54) is 24.3 Å². The van der Waals surface area contributed by atoms with Crippen molar-refractivity contribution >= 4 is 18.4 Å². The van der Waals surface area contributed by atoms with Crippen molar-refractivity contribution in [2.75, 3.05) is 0 Å². The van der Waals surface area contributed by atoms with Crippen molar-refractivity contribution in [3.63, 3.8) is 0 Å². The average Bonchev–Trinajstić information content (AvgIpc) is 2.15. The summed E-state index contributed by atoms with van der Waals surface area (Å²) in [6, 6.07) is 3.88. The number of hydrogen-bond donors (Lipinski definition) is 2. The fraction of sp³-hybridized carbons (Fsp3) is 0.300. The molecule has 0 saturated heterocycles. The topological polar surface area (TPSA) is 63.3 Å². The summed E-state index contributed by atoms with van der Waals surface area (Å²) < 4.78 is 36.1. The molecule has 0 radical (unpaired) electrons. The lowest BCUT2D eigenvalue weighted by Gasteiger charge is -2.14. The molecular weight excluding hydrogens is 259 g/mol. The zero-order valence-electron chi connectivity index (χ0n) is 8.57. The Bertz CT molecular complexity index is 378. The number of nitrogens with two attached hydrogens (primary N) is 1. The van der Waals surface area contributed by atoms with E-state index in [1.54, 1.807) is 0 Å². The molecule has 1 aromatic carbocycles. The van der Waals surface area contributed by atoms with Crippen LogP contribution < -0.4 is 5.73 Å². The third-order valence-electron chi connectivity index (χ3n) is 2.04. The maximum Gasteiger partial charge on any atom is 0.390 e. The van der Waals surface area contributed by atoms with E-state index in [0.29, 0.717) is 0 Å². The molecule has 0 bridgehead atoms. The van der Waals surface area contributed by atoms with Crippen LogP contribution in [0.5, 0.6) is 0 Å². The van der Waals surface area contributed by atoms with Crippen LogP contribution in [0.4, 0.5) is 13.2 Å². The Morgan fingerprint density at radius 1 is 1.29 bits per heavy atom. The van der Waals surface area contributed by atoms with Crippen LogP contribution >= 0.6 is 12.4 Å². The van der Waals surface area contributed by atoms with E-state index in [2.05, 4.69) is 0 Å². The molecule has 0 fully saturated rings. The first-order chi connectivity index (χ1) is 7.29. The van der Waals surface area contributed by atoms with Crippen molar-refractivity contribution in [3.8, 4) is 0 Å². The van der Waals surface area contributed by atoms with Gasteiger partial charge in [0.1, 0.15) is 0 Å². The van der Waals surface area contributed by atoms with Crippen LogP contribution in [0.1, 0.15) is 28.4 Å². The van der Waals surface area contributed by atoms with E-state index in [1.807, 2.05) is 0 Å². The zero-order valence-corrected chi connectivity index (χ0v) is 9.39. The van der Waals surface area contributed by atoms with Gasteiger partial charge >= 0.3 is 12.1 Å². The highest BCUT2D eigenvalue weighted by atomic mass is 35.5. The van der Waals surface area contributed by atoms with Gasteiger partial charge < -0.3 is 10.8 Å². The largest absolute Gasteiger partial charge is 0.478 e. The molecular formula is C10H11ClF3NO2. The molecule has 1 rings (SSSR count). The summed E-state index contributed by atoms with van der Waals surface area (Å²) in [6.45, 7) is 0. The lowest BCUT2D eigenvalue weighted by Crippen LogP contribution is -2.20.